The molecule has 2 aromatic rings. The van der Waals surface area contributed by atoms with E-state index in [1.807, 2.05) is 51.1 Å². The standard InChI is InChI=1S/C22H27NO4/c1-4-18(17-6-8-20-21(14-17)27-12-11-26-20)23-22(24)9-10-25-19-7-5-15(2)13-16(19)3/h5-8,13-14,18H,4,9-12H2,1-3H3,(H,23,24). The Bertz CT molecular complexity index is 803. The predicted octanol–water partition coefficient (Wildman–Crippen LogP) is 4.11. The fourth-order valence-electron chi connectivity index (χ4n) is 3.18. The molecule has 144 valence electrons. The zero-order valence-corrected chi connectivity index (χ0v) is 16.2. The van der Waals surface area contributed by atoms with Gasteiger partial charge in [0, 0.05) is 0 Å². The number of rotatable bonds is 7. The first-order valence-electron chi connectivity index (χ1n) is 9.45. The topological polar surface area (TPSA) is 56.8 Å². The molecule has 1 N–H and O–H groups in total. The Morgan fingerprint density at radius 1 is 1.11 bits per heavy atom. The molecule has 0 saturated heterocycles. The van der Waals surface area contributed by atoms with Crippen molar-refractivity contribution in [1.29, 1.82) is 0 Å². The molecule has 1 unspecified atom stereocenters. The molecule has 3 rings (SSSR count). The van der Waals surface area contributed by atoms with Crippen molar-refractivity contribution < 1.29 is 19.0 Å². The van der Waals surface area contributed by atoms with Crippen LogP contribution in [0.15, 0.2) is 36.4 Å². The van der Waals surface area contributed by atoms with Crippen molar-refractivity contribution in [2.24, 2.45) is 0 Å². The third-order valence-electron chi connectivity index (χ3n) is 4.63. The van der Waals surface area contributed by atoms with Crippen molar-refractivity contribution in [2.75, 3.05) is 19.8 Å². The van der Waals surface area contributed by atoms with Crippen molar-refractivity contribution >= 4 is 5.91 Å². The maximum absolute atomic E-state index is 12.4. The zero-order valence-electron chi connectivity index (χ0n) is 16.2. The van der Waals surface area contributed by atoms with Gasteiger partial charge in [-0.2, -0.15) is 0 Å². The van der Waals surface area contributed by atoms with E-state index in [-0.39, 0.29) is 11.9 Å². The Morgan fingerprint density at radius 2 is 1.89 bits per heavy atom. The van der Waals surface area contributed by atoms with Crippen LogP contribution in [0.3, 0.4) is 0 Å². The summed E-state index contributed by atoms with van der Waals surface area (Å²) in [7, 11) is 0. The molecule has 0 radical (unpaired) electrons. The van der Waals surface area contributed by atoms with E-state index in [9.17, 15) is 4.79 Å². The number of hydrogen-bond acceptors (Lipinski definition) is 4. The molecule has 5 heteroatoms. The second-order valence-electron chi connectivity index (χ2n) is 6.80. The van der Waals surface area contributed by atoms with E-state index >= 15 is 0 Å². The number of amides is 1. The van der Waals surface area contributed by atoms with E-state index in [1.165, 1.54) is 5.56 Å². The van der Waals surface area contributed by atoms with Crippen LogP contribution in [-0.2, 0) is 4.79 Å². The van der Waals surface area contributed by atoms with Gasteiger partial charge < -0.3 is 19.5 Å². The summed E-state index contributed by atoms with van der Waals surface area (Å²) in [5, 5.41) is 3.08. The molecule has 1 aliphatic heterocycles. The molecule has 0 aliphatic carbocycles. The van der Waals surface area contributed by atoms with E-state index in [4.69, 9.17) is 14.2 Å². The molecule has 2 aromatic carbocycles. The Kier molecular flexibility index (Phi) is 6.22. The van der Waals surface area contributed by atoms with E-state index in [2.05, 4.69) is 11.4 Å². The third-order valence-corrected chi connectivity index (χ3v) is 4.63. The highest BCUT2D eigenvalue weighted by Crippen LogP contribution is 2.33. The second-order valence-corrected chi connectivity index (χ2v) is 6.80. The lowest BCUT2D eigenvalue weighted by Gasteiger charge is -2.22. The molecule has 5 nitrogen and oxygen atoms in total. The lowest BCUT2D eigenvalue weighted by molar-refractivity contribution is -0.122. The van der Waals surface area contributed by atoms with Gasteiger partial charge in [0.05, 0.1) is 19.1 Å². The van der Waals surface area contributed by atoms with Crippen molar-refractivity contribution in [3.8, 4) is 17.2 Å². The SMILES string of the molecule is CCC(NC(=O)CCOc1ccc(C)cc1C)c1ccc2c(c1)OCCO2. The van der Waals surface area contributed by atoms with Gasteiger partial charge in [0.2, 0.25) is 5.91 Å². The van der Waals surface area contributed by atoms with Gasteiger partial charge in [0.1, 0.15) is 19.0 Å². The largest absolute Gasteiger partial charge is 0.493 e. The molecular formula is C22H27NO4. The molecule has 1 heterocycles. The van der Waals surface area contributed by atoms with Crippen LogP contribution < -0.4 is 19.5 Å². The number of carbonyl (C=O) groups is 1. The van der Waals surface area contributed by atoms with Crippen LogP contribution in [-0.4, -0.2) is 25.7 Å². The Hall–Kier alpha value is -2.69. The highest BCUT2D eigenvalue weighted by Gasteiger charge is 2.17. The smallest absolute Gasteiger partial charge is 0.223 e. The highest BCUT2D eigenvalue weighted by molar-refractivity contribution is 5.76. The summed E-state index contributed by atoms with van der Waals surface area (Å²) in [5.74, 6) is 2.30. The van der Waals surface area contributed by atoms with Crippen LogP contribution in [0.25, 0.3) is 0 Å². The van der Waals surface area contributed by atoms with Crippen molar-refractivity contribution in [1.82, 2.24) is 5.32 Å². The summed E-state index contributed by atoms with van der Waals surface area (Å²) in [5.41, 5.74) is 3.30. The number of aryl methyl sites for hydroxylation is 2. The molecule has 1 amide bonds. The normalized spacial score (nSPS) is 13.7. The fraction of sp³-hybridized carbons (Fsp3) is 0.409. The van der Waals surface area contributed by atoms with Gasteiger partial charge in [0.25, 0.3) is 0 Å². The lowest BCUT2D eigenvalue weighted by atomic mass is 10.0. The predicted molar refractivity (Wildman–Crippen MR) is 105 cm³/mol. The molecule has 1 atom stereocenters. The first-order chi connectivity index (χ1) is 13.1. The van der Waals surface area contributed by atoms with Gasteiger partial charge >= 0.3 is 0 Å². The van der Waals surface area contributed by atoms with Gasteiger partial charge in [-0.1, -0.05) is 30.7 Å². The summed E-state index contributed by atoms with van der Waals surface area (Å²) in [6, 6.07) is 11.8. The summed E-state index contributed by atoms with van der Waals surface area (Å²) in [4.78, 5) is 12.4. The van der Waals surface area contributed by atoms with E-state index in [0.717, 1.165) is 34.8 Å². The average Bonchev–Trinajstić information content (AvgIpc) is 2.67. The van der Waals surface area contributed by atoms with E-state index in [0.29, 0.717) is 26.2 Å². The van der Waals surface area contributed by atoms with E-state index < -0.39 is 0 Å². The average molecular weight is 369 g/mol. The molecular weight excluding hydrogens is 342 g/mol. The fourth-order valence-corrected chi connectivity index (χ4v) is 3.18. The van der Waals surface area contributed by atoms with Crippen molar-refractivity contribution in [2.45, 2.75) is 39.7 Å². The summed E-state index contributed by atoms with van der Waals surface area (Å²) in [6.45, 7) is 7.59. The molecule has 0 aromatic heterocycles. The van der Waals surface area contributed by atoms with Gasteiger partial charge in [-0.15, -0.1) is 0 Å². The number of fused-ring (bicyclic) bond motifs is 1. The maximum Gasteiger partial charge on any atom is 0.223 e. The first-order valence-corrected chi connectivity index (χ1v) is 9.45. The minimum atomic E-state index is -0.0607. The summed E-state index contributed by atoms with van der Waals surface area (Å²) < 4.78 is 17.0. The molecule has 0 bridgehead atoms. The van der Waals surface area contributed by atoms with Crippen LogP contribution >= 0.6 is 0 Å². The molecule has 1 aliphatic rings. The second kappa shape index (κ2) is 8.80. The molecule has 0 fully saturated rings. The number of hydrogen-bond donors (Lipinski definition) is 1. The van der Waals surface area contributed by atoms with Crippen LogP contribution in [0.4, 0.5) is 0 Å². The summed E-state index contributed by atoms with van der Waals surface area (Å²) >= 11 is 0. The molecule has 27 heavy (non-hydrogen) atoms. The van der Waals surface area contributed by atoms with Crippen molar-refractivity contribution in [3.05, 3.63) is 53.1 Å². The van der Waals surface area contributed by atoms with E-state index in [1.54, 1.807) is 0 Å². The number of ether oxygens (including phenoxy) is 3. The molecule has 0 spiro atoms. The zero-order chi connectivity index (χ0) is 19.2. The molecule has 0 saturated carbocycles. The van der Waals surface area contributed by atoms with Crippen LogP contribution in [0.1, 0.15) is 42.5 Å². The maximum atomic E-state index is 12.4. The Balaban J connectivity index is 1.54. The van der Waals surface area contributed by atoms with Gasteiger partial charge in [-0.3, -0.25) is 4.79 Å². The first kappa shape index (κ1) is 19.1. The lowest BCUT2D eigenvalue weighted by Crippen LogP contribution is -2.29. The number of nitrogens with one attached hydrogen (secondary N) is 1. The van der Waals surface area contributed by atoms with Crippen LogP contribution in [0.5, 0.6) is 17.2 Å². The Morgan fingerprint density at radius 3 is 2.63 bits per heavy atom. The van der Waals surface area contributed by atoms with Crippen LogP contribution in [0, 0.1) is 13.8 Å². The van der Waals surface area contributed by atoms with Gasteiger partial charge in [0.15, 0.2) is 11.5 Å². The minimum Gasteiger partial charge on any atom is -0.493 e. The minimum absolute atomic E-state index is 0.0264. The monoisotopic (exact) mass is 369 g/mol. The van der Waals surface area contributed by atoms with Crippen molar-refractivity contribution in [3.63, 3.8) is 0 Å². The Labute approximate surface area is 160 Å². The quantitative estimate of drug-likeness (QED) is 0.798. The number of carbonyl (C=O) groups excluding carboxylic acids is 1. The van der Waals surface area contributed by atoms with Gasteiger partial charge in [-0.25, -0.2) is 0 Å². The van der Waals surface area contributed by atoms with Crippen LogP contribution in [0.2, 0.25) is 0 Å². The third kappa shape index (κ3) is 4.94. The highest BCUT2D eigenvalue weighted by atomic mass is 16.6. The number of benzene rings is 2. The van der Waals surface area contributed by atoms with Gasteiger partial charge in [-0.05, 0) is 49.6 Å². The summed E-state index contributed by atoms with van der Waals surface area (Å²) in [6.07, 6.45) is 1.11.